The first kappa shape index (κ1) is 19.4. The largest absolute Gasteiger partial charge is 0.480 e. The number of nitriles is 1. The molecule has 0 saturated carbocycles. The van der Waals surface area contributed by atoms with Crippen molar-refractivity contribution < 1.29 is 9.90 Å². The highest BCUT2D eigenvalue weighted by atomic mass is 35.5. The third-order valence-corrected chi connectivity index (χ3v) is 5.49. The van der Waals surface area contributed by atoms with Gasteiger partial charge in [0.15, 0.2) is 0 Å². The maximum Gasteiger partial charge on any atom is 0.317 e. The van der Waals surface area contributed by atoms with Gasteiger partial charge in [-0.05, 0) is 44.0 Å². The van der Waals surface area contributed by atoms with E-state index in [2.05, 4.69) is 16.0 Å². The van der Waals surface area contributed by atoms with Gasteiger partial charge in [0.1, 0.15) is 6.07 Å². The lowest BCUT2D eigenvalue weighted by Gasteiger charge is -2.39. The molecular formula is C20H23ClN4O2. The van der Waals surface area contributed by atoms with Crippen LogP contribution in [0.25, 0.3) is 10.9 Å². The number of halogens is 1. The van der Waals surface area contributed by atoms with Crippen LogP contribution in [-0.4, -0.2) is 53.2 Å². The average Bonchev–Trinajstić information content (AvgIpc) is 2.65. The predicted octanol–water partition coefficient (Wildman–Crippen LogP) is 3.44. The number of nitrogens with zero attached hydrogens (tertiary/aromatic N) is 4. The van der Waals surface area contributed by atoms with Crippen molar-refractivity contribution in [3.8, 4) is 6.07 Å². The van der Waals surface area contributed by atoms with Crippen LogP contribution < -0.4 is 4.90 Å². The van der Waals surface area contributed by atoms with Crippen molar-refractivity contribution in [1.82, 2.24) is 9.88 Å². The molecule has 0 amide bonds. The standard InChI is InChI=1S/C20H23ClN4O2/c1-3-24(12-18(26)27)15-4-6-25(7-5-15)20-14(10-22)11-23-19-16(20)8-13(2)9-17(19)21/h8-9,11,15H,3-7,12H2,1-2H3,(H,26,27). The normalized spacial score (nSPS) is 15.3. The van der Waals surface area contributed by atoms with Crippen LogP contribution in [0.4, 0.5) is 5.69 Å². The summed E-state index contributed by atoms with van der Waals surface area (Å²) in [6.45, 7) is 6.28. The van der Waals surface area contributed by atoms with Crippen molar-refractivity contribution in [3.05, 3.63) is 34.5 Å². The molecular weight excluding hydrogens is 364 g/mol. The van der Waals surface area contributed by atoms with Gasteiger partial charge in [-0.3, -0.25) is 14.7 Å². The van der Waals surface area contributed by atoms with E-state index in [4.69, 9.17) is 16.7 Å². The van der Waals surface area contributed by atoms with Crippen LogP contribution in [0.5, 0.6) is 0 Å². The van der Waals surface area contributed by atoms with Crippen LogP contribution >= 0.6 is 11.6 Å². The van der Waals surface area contributed by atoms with Gasteiger partial charge in [-0.15, -0.1) is 0 Å². The lowest BCUT2D eigenvalue weighted by Crippen LogP contribution is -2.46. The van der Waals surface area contributed by atoms with Gasteiger partial charge in [-0.25, -0.2) is 0 Å². The first-order valence-corrected chi connectivity index (χ1v) is 9.52. The quantitative estimate of drug-likeness (QED) is 0.847. The molecule has 0 aliphatic carbocycles. The van der Waals surface area contributed by atoms with Crippen molar-refractivity contribution in [2.75, 3.05) is 31.1 Å². The Morgan fingerprint density at radius 2 is 2.15 bits per heavy atom. The molecule has 1 saturated heterocycles. The number of likely N-dealkylation sites (N-methyl/N-ethyl adjacent to an activating group) is 1. The van der Waals surface area contributed by atoms with Crippen molar-refractivity contribution >= 4 is 34.2 Å². The first-order chi connectivity index (χ1) is 12.9. The van der Waals surface area contributed by atoms with Crippen LogP contribution in [0, 0.1) is 18.3 Å². The smallest absolute Gasteiger partial charge is 0.317 e. The second-order valence-corrected chi connectivity index (χ2v) is 7.36. The number of aliphatic carboxylic acids is 1. The van der Waals surface area contributed by atoms with Crippen LogP contribution in [0.2, 0.25) is 5.02 Å². The minimum Gasteiger partial charge on any atom is -0.480 e. The predicted molar refractivity (Wildman–Crippen MR) is 106 cm³/mol. The van der Waals surface area contributed by atoms with Gasteiger partial charge < -0.3 is 10.0 Å². The summed E-state index contributed by atoms with van der Waals surface area (Å²) in [6.07, 6.45) is 3.30. The van der Waals surface area contributed by atoms with Crippen molar-refractivity contribution in [2.45, 2.75) is 32.7 Å². The molecule has 1 fully saturated rings. The highest BCUT2D eigenvalue weighted by Crippen LogP contribution is 2.35. The Hall–Kier alpha value is -2.36. The highest BCUT2D eigenvalue weighted by molar-refractivity contribution is 6.35. The monoisotopic (exact) mass is 386 g/mol. The zero-order valence-electron chi connectivity index (χ0n) is 15.6. The average molecular weight is 387 g/mol. The third-order valence-electron chi connectivity index (χ3n) is 5.20. The van der Waals surface area contributed by atoms with Crippen LogP contribution in [-0.2, 0) is 4.79 Å². The third kappa shape index (κ3) is 4.00. The fraction of sp³-hybridized carbons (Fsp3) is 0.450. The van der Waals surface area contributed by atoms with Gasteiger partial charge in [0.05, 0.1) is 28.3 Å². The van der Waals surface area contributed by atoms with Gasteiger partial charge in [0.25, 0.3) is 0 Å². The molecule has 27 heavy (non-hydrogen) atoms. The number of pyridine rings is 1. The summed E-state index contributed by atoms with van der Waals surface area (Å²) in [7, 11) is 0. The molecule has 0 spiro atoms. The van der Waals surface area contributed by atoms with Crippen molar-refractivity contribution in [1.29, 1.82) is 5.26 Å². The molecule has 1 aromatic carbocycles. The second-order valence-electron chi connectivity index (χ2n) is 6.95. The van der Waals surface area contributed by atoms with Crippen molar-refractivity contribution in [3.63, 3.8) is 0 Å². The Kier molecular flexibility index (Phi) is 5.83. The highest BCUT2D eigenvalue weighted by Gasteiger charge is 2.27. The number of hydrogen-bond acceptors (Lipinski definition) is 5. The molecule has 0 unspecified atom stereocenters. The SMILES string of the molecule is CCN(CC(=O)O)C1CCN(c2c(C#N)cnc3c(Cl)cc(C)cc23)CC1. The maximum atomic E-state index is 11.1. The Morgan fingerprint density at radius 3 is 2.74 bits per heavy atom. The zero-order chi connectivity index (χ0) is 19.6. The number of piperidine rings is 1. The van der Waals surface area contributed by atoms with Gasteiger partial charge >= 0.3 is 5.97 Å². The Balaban J connectivity index is 1.91. The molecule has 1 N–H and O–H groups in total. The van der Waals surface area contributed by atoms with Crippen LogP contribution in [0.3, 0.4) is 0 Å². The molecule has 3 rings (SSSR count). The van der Waals surface area contributed by atoms with E-state index in [0.717, 1.165) is 42.6 Å². The van der Waals surface area contributed by atoms with Crippen molar-refractivity contribution in [2.24, 2.45) is 0 Å². The lowest BCUT2D eigenvalue weighted by atomic mass is 9.99. The number of carbonyl (C=O) groups is 1. The fourth-order valence-electron chi connectivity index (χ4n) is 3.93. The summed E-state index contributed by atoms with van der Waals surface area (Å²) in [6, 6.07) is 6.41. The molecule has 0 atom stereocenters. The summed E-state index contributed by atoms with van der Waals surface area (Å²) < 4.78 is 0. The number of aryl methyl sites for hydroxylation is 1. The van der Waals surface area contributed by atoms with E-state index in [1.807, 2.05) is 30.9 Å². The molecule has 0 radical (unpaired) electrons. The number of hydrogen-bond donors (Lipinski definition) is 1. The van der Waals surface area contributed by atoms with Crippen LogP contribution in [0.15, 0.2) is 18.3 Å². The Bertz CT molecular complexity index is 901. The summed E-state index contributed by atoms with van der Waals surface area (Å²) >= 11 is 6.37. The molecule has 7 heteroatoms. The minimum atomic E-state index is -0.795. The number of carboxylic acid groups (broad SMARTS) is 1. The number of rotatable bonds is 5. The van der Waals surface area contributed by atoms with E-state index in [1.165, 1.54) is 0 Å². The molecule has 1 aromatic heterocycles. The van der Waals surface area contributed by atoms with Gasteiger partial charge in [-0.1, -0.05) is 18.5 Å². The molecule has 6 nitrogen and oxygen atoms in total. The topological polar surface area (TPSA) is 80.5 Å². The lowest BCUT2D eigenvalue weighted by molar-refractivity contribution is -0.139. The summed E-state index contributed by atoms with van der Waals surface area (Å²) in [5.74, 6) is -0.795. The maximum absolute atomic E-state index is 11.1. The van der Waals surface area contributed by atoms with E-state index in [-0.39, 0.29) is 12.6 Å². The molecule has 1 aliphatic heterocycles. The Labute approximate surface area is 164 Å². The van der Waals surface area contributed by atoms with Gasteiger partial charge in [0, 0.05) is 30.7 Å². The number of anilines is 1. The van der Waals surface area contributed by atoms with E-state index >= 15 is 0 Å². The summed E-state index contributed by atoms with van der Waals surface area (Å²) in [5, 5.41) is 20.2. The molecule has 2 heterocycles. The zero-order valence-corrected chi connectivity index (χ0v) is 16.3. The van der Waals surface area contributed by atoms with E-state index in [0.29, 0.717) is 22.6 Å². The molecule has 142 valence electrons. The molecule has 0 bridgehead atoms. The second kappa shape index (κ2) is 8.12. The summed E-state index contributed by atoms with van der Waals surface area (Å²) in [5.41, 5.74) is 3.16. The first-order valence-electron chi connectivity index (χ1n) is 9.14. The molecule has 2 aromatic rings. The minimum absolute atomic E-state index is 0.0671. The molecule has 1 aliphatic rings. The van der Waals surface area contributed by atoms with Gasteiger partial charge in [-0.2, -0.15) is 5.26 Å². The fourth-order valence-corrected chi connectivity index (χ4v) is 4.25. The van der Waals surface area contributed by atoms with Gasteiger partial charge in [0.2, 0.25) is 0 Å². The number of aromatic nitrogens is 1. The Morgan fingerprint density at radius 1 is 1.44 bits per heavy atom. The van der Waals surface area contributed by atoms with E-state index in [9.17, 15) is 10.1 Å². The number of benzene rings is 1. The summed E-state index contributed by atoms with van der Waals surface area (Å²) in [4.78, 5) is 19.7. The number of carboxylic acids is 1. The van der Waals surface area contributed by atoms with E-state index in [1.54, 1.807) is 6.20 Å². The number of fused-ring (bicyclic) bond motifs is 1. The van der Waals surface area contributed by atoms with E-state index < -0.39 is 5.97 Å². The van der Waals surface area contributed by atoms with Crippen LogP contribution in [0.1, 0.15) is 30.9 Å².